The number of hydrogen-bond acceptors (Lipinski definition) is 2. The van der Waals surface area contributed by atoms with Crippen LogP contribution in [0.2, 0.25) is 0 Å². The van der Waals surface area contributed by atoms with Crippen molar-refractivity contribution in [2.24, 2.45) is 5.92 Å². The molecule has 2 aromatic rings. The second-order valence-corrected chi connectivity index (χ2v) is 5.48. The molecule has 2 rings (SSSR count). The summed E-state index contributed by atoms with van der Waals surface area (Å²) in [7, 11) is 0. The van der Waals surface area contributed by atoms with E-state index in [1.807, 2.05) is 0 Å². The van der Waals surface area contributed by atoms with Crippen LogP contribution in [0.1, 0.15) is 50.9 Å². The van der Waals surface area contributed by atoms with E-state index in [4.69, 9.17) is 0 Å². The number of nitrogens with one attached hydrogen (secondary N) is 1. The van der Waals surface area contributed by atoms with E-state index in [0.717, 1.165) is 17.8 Å². The number of benzene rings is 1. The van der Waals surface area contributed by atoms with Crippen molar-refractivity contribution < 1.29 is 0 Å². The van der Waals surface area contributed by atoms with E-state index in [2.05, 4.69) is 68.3 Å². The molecule has 1 unspecified atom stereocenters. The van der Waals surface area contributed by atoms with E-state index in [1.54, 1.807) is 0 Å². The molecule has 0 aliphatic carbocycles. The first-order valence-electron chi connectivity index (χ1n) is 7.80. The van der Waals surface area contributed by atoms with Crippen LogP contribution in [-0.4, -0.2) is 11.5 Å². The zero-order chi connectivity index (χ0) is 14.5. The molecule has 0 bridgehead atoms. The van der Waals surface area contributed by atoms with E-state index in [-0.39, 0.29) is 0 Å². The summed E-state index contributed by atoms with van der Waals surface area (Å²) in [6.45, 7) is 9.85. The van der Waals surface area contributed by atoms with Crippen molar-refractivity contribution in [1.82, 2.24) is 10.3 Å². The highest BCUT2D eigenvalue weighted by Gasteiger charge is 2.21. The SMILES string of the molecule is CCNC(c1cc(C)nc2ccccc12)C(CC)CC. The average Bonchev–Trinajstić information content (AvgIpc) is 2.46. The van der Waals surface area contributed by atoms with Crippen LogP contribution in [0.5, 0.6) is 0 Å². The van der Waals surface area contributed by atoms with Crippen LogP contribution in [0.4, 0.5) is 0 Å². The van der Waals surface area contributed by atoms with Gasteiger partial charge in [-0.3, -0.25) is 4.98 Å². The maximum Gasteiger partial charge on any atom is 0.0708 e. The van der Waals surface area contributed by atoms with Crippen molar-refractivity contribution >= 4 is 10.9 Å². The molecular formula is C18H26N2. The molecule has 0 radical (unpaired) electrons. The Hall–Kier alpha value is -1.41. The highest BCUT2D eigenvalue weighted by molar-refractivity contribution is 5.82. The van der Waals surface area contributed by atoms with Crippen molar-refractivity contribution in [3.8, 4) is 0 Å². The molecule has 1 atom stereocenters. The summed E-state index contributed by atoms with van der Waals surface area (Å²) < 4.78 is 0. The van der Waals surface area contributed by atoms with Crippen molar-refractivity contribution in [1.29, 1.82) is 0 Å². The van der Waals surface area contributed by atoms with Gasteiger partial charge in [-0.1, -0.05) is 51.8 Å². The minimum absolute atomic E-state index is 0.418. The fraction of sp³-hybridized carbons (Fsp3) is 0.500. The molecule has 108 valence electrons. The standard InChI is InChI=1S/C18H26N2/c1-5-14(6-2)18(19-7-3)16-12-13(4)20-17-11-9-8-10-15(16)17/h8-12,14,18-19H,5-7H2,1-4H3. The number of rotatable bonds is 6. The van der Waals surface area contributed by atoms with Crippen LogP contribution >= 0.6 is 0 Å². The second-order valence-electron chi connectivity index (χ2n) is 5.48. The third kappa shape index (κ3) is 3.01. The van der Waals surface area contributed by atoms with Crippen molar-refractivity contribution in [3.63, 3.8) is 0 Å². The lowest BCUT2D eigenvalue weighted by Crippen LogP contribution is -2.28. The molecular weight excluding hydrogens is 244 g/mol. The average molecular weight is 270 g/mol. The summed E-state index contributed by atoms with van der Waals surface area (Å²) in [5.41, 5.74) is 3.62. The first-order chi connectivity index (χ1) is 9.71. The van der Waals surface area contributed by atoms with Gasteiger partial charge in [0, 0.05) is 17.1 Å². The number of fused-ring (bicyclic) bond motifs is 1. The number of pyridine rings is 1. The minimum atomic E-state index is 0.418. The largest absolute Gasteiger partial charge is 0.310 e. The van der Waals surface area contributed by atoms with Gasteiger partial charge in [0.1, 0.15) is 0 Å². The number of aryl methyl sites for hydroxylation is 1. The van der Waals surface area contributed by atoms with Gasteiger partial charge < -0.3 is 5.32 Å². The number of nitrogens with zero attached hydrogens (tertiary/aromatic N) is 1. The van der Waals surface area contributed by atoms with Crippen LogP contribution in [-0.2, 0) is 0 Å². The smallest absolute Gasteiger partial charge is 0.0708 e. The number of aromatic nitrogens is 1. The Labute approximate surface area is 122 Å². The highest BCUT2D eigenvalue weighted by atomic mass is 14.9. The molecule has 0 aliphatic rings. The molecule has 1 heterocycles. The van der Waals surface area contributed by atoms with Crippen LogP contribution in [0, 0.1) is 12.8 Å². The third-order valence-corrected chi connectivity index (χ3v) is 4.16. The number of hydrogen-bond donors (Lipinski definition) is 1. The topological polar surface area (TPSA) is 24.9 Å². The van der Waals surface area contributed by atoms with E-state index < -0.39 is 0 Å². The maximum atomic E-state index is 4.66. The van der Waals surface area contributed by atoms with Crippen LogP contribution < -0.4 is 5.32 Å². The quantitative estimate of drug-likeness (QED) is 0.827. The van der Waals surface area contributed by atoms with Gasteiger partial charge in [0.25, 0.3) is 0 Å². The molecule has 1 N–H and O–H groups in total. The Kier molecular flexibility index (Phi) is 5.13. The van der Waals surface area contributed by atoms with Gasteiger partial charge in [-0.05, 0) is 37.1 Å². The molecule has 0 saturated carbocycles. The van der Waals surface area contributed by atoms with Gasteiger partial charge in [0.2, 0.25) is 0 Å². The summed E-state index contributed by atoms with van der Waals surface area (Å²) in [6.07, 6.45) is 2.40. The summed E-state index contributed by atoms with van der Waals surface area (Å²) in [4.78, 5) is 4.66. The lowest BCUT2D eigenvalue weighted by Gasteiger charge is -2.28. The first-order valence-corrected chi connectivity index (χ1v) is 7.80. The Balaban J connectivity index is 2.57. The highest BCUT2D eigenvalue weighted by Crippen LogP contribution is 2.32. The van der Waals surface area contributed by atoms with Gasteiger partial charge in [-0.2, -0.15) is 0 Å². The molecule has 1 aromatic carbocycles. The molecule has 0 aliphatic heterocycles. The molecule has 2 nitrogen and oxygen atoms in total. The Morgan fingerprint density at radius 3 is 2.45 bits per heavy atom. The Morgan fingerprint density at radius 2 is 1.80 bits per heavy atom. The predicted molar refractivity (Wildman–Crippen MR) is 87.0 cm³/mol. The summed E-state index contributed by atoms with van der Waals surface area (Å²) in [5.74, 6) is 0.667. The maximum absolute atomic E-state index is 4.66. The molecule has 1 aromatic heterocycles. The van der Waals surface area contributed by atoms with Crippen molar-refractivity contribution in [2.75, 3.05) is 6.54 Å². The Morgan fingerprint density at radius 1 is 1.10 bits per heavy atom. The lowest BCUT2D eigenvalue weighted by molar-refractivity contribution is 0.348. The molecule has 0 fully saturated rings. The summed E-state index contributed by atoms with van der Waals surface area (Å²) >= 11 is 0. The zero-order valence-electron chi connectivity index (χ0n) is 13.1. The van der Waals surface area contributed by atoms with Gasteiger partial charge in [0.05, 0.1) is 5.52 Å². The number of para-hydroxylation sites is 1. The minimum Gasteiger partial charge on any atom is -0.310 e. The zero-order valence-corrected chi connectivity index (χ0v) is 13.1. The normalized spacial score (nSPS) is 13.1. The van der Waals surface area contributed by atoms with Crippen molar-refractivity contribution in [3.05, 3.63) is 41.6 Å². The molecule has 0 spiro atoms. The molecule has 0 amide bonds. The fourth-order valence-corrected chi connectivity index (χ4v) is 3.11. The second kappa shape index (κ2) is 6.85. The predicted octanol–water partition coefficient (Wildman–Crippen LogP) is 4.63. The van der Waals surface area contributed by atoms with Crippen molar-refractivity contribution in [2.45, 2.75) is 46.6 Å². The van der Waals surface area contributed by atoms with E-state index in [0.29, 0.717) is 12.0 Å². The van der Waals surface area contributed by atoms with Gasteiger partial charge >= 0.3 is 0 Å². The fourth-order valence-electron chi connectivity index (χ4n) is 3.11. The molecule has 2 heteroatoms. The molecule has 20 heavy (non-hydrogen) atoms. The van der Waals surface area contributed by atoms with Crippen LogP contribution in [0.3, 0.4) is 0 Å². The van der Waals surface area contributed by atoms with Crippen LogP contribution in [0.15, 0.2) is 30.3 Å². The van der Waals surface area contributed by atoms with Gasteiger partial charge in [-0.15, -0.1) is 0 Å². The Bertz CT molecular complexity index is 558. The lowest BCUT2D eigenvalue weighted by atomic mass is 9.87. The van der Waals surface area contributed by atoms with Gasteiger partial charge in [-0.25, -0.2) is 0 Å². The van der Waals surface area contributed by atoms with E-state index >= 15 is 0 Å². The van der Waals surface area contributed by atoms with E-state index in [9.17, 15) is 0 Å². The monoisotopic (exact) mass is 270 g/mol. The summed E-state index contributed by atoms with van der Waals surface area (Å²) in [6, 6.07) is 11.2. The molecule has 0 saturated heterocycles. The first kappa shape index (κ1) is 15.0. The summed E-state index contributed by atoms with van der Waals surface area (Å²) in [5, 5.41) is 4.98. The van der Waals surface area contributed by atoms with Gasteiger partial charge in [0.15, 0.2) is 0 Å². The van der Waals surface area contributed by atoms with E-state index in [1.165, 1.54) is 23.8 Å². The van der Waals surface area contributed by atoms with Crippen LogP contribution in [0.25, 0.3) is 10.9 Å². The third-order valence-electron chi connectivity index (χ3n) is 4.16.